The van der Waals surface area contributed by atoms with Gasteiger partial charge in [-0.1, -0.05) is 35.3 Å². The lowest BCUT2D eigenvalue weighted by Gasteiger charge is -2.16. The van der Waals surface area contributed by atoms with Gasteiger partial charge in [0.25, 0.3) is 0 Å². The molecule has 3 rings (SSSR count). The molecule has 1 unspecified atom stereocenters. The van der Waals surface area contributed by atoms with Crippen molar-refractivity contribution in [3.8, 4) is 11.5 Å². The van der Waals surface area contributed by atoms with Crippen molar-refractivity contribution in [3.05, 3.63) is 57.6 Å². The predicted molar refractivity (Wildman–Crippen MR) is 109 cm³/mol. The Morgan fingerprint density at radius 2 is 2.00 bits per heavy atom. The Labute approximate surface area is 170 Å². The van der Waals surface area contributed by atoms with Crippen LogP contribution in [-0.4, -0.2) is 25.9 Å². The van der Waals surface area contributed by atoms with Crippen molar-refractivity contribution in [3.63, 3.8) is 0 Å². The van der Waals surface area contributed by atoms with E-state index < -0.39 is 0 Å². The number of rotatable bonds is 9. The summed E-state index contributed by atoms with van der Waals surface area (Å²) in [5, 5.41) is 4.76. The molecule has 1 heterocycles. The highest BCUT2D eigenvalue weighted by Gasteiger charge is 2.16. The molecular weight excluding hydrogens is 385 g/mol. The third kappa shape index (κ3) is 6.01. The zero-order valence-electron chi connectivity index (χ0n) is 15.5. The van der Waals surface area contributed by atoms with Crippen LogP contribution in [0.2, 0.25) is 10.0 Å². The topological polar surface area (TPSA) is 39.7 Å². The fraction of sp³-hybridized carbons (Fsp3) is 0.429. The number of ether oxygens (including phenoxy) is 3. The van der Waals surface area contributed by atoms with Gasteiger partial charge in [-0.15, -0.1) is 0 Å². The van der Waals surface area contributed by atoms with Gasteiger partial charge in [0.05, 0.1) is 12.7 Å². The smallest absolute Gasteiger partial charge is 0.163 e. The molecule has 1 saturated heterocycles. The normalized spacial score (nSPS) is 16.5. The van der Waals surface area contributed by atoms with Crippen LogP contribution in [0.5, 0.6) is 11.5 Å². The summed E-state index contributed by atoms with van der Waals surface area (Å²) in [7, 11) is 0. The van der Waals surface area contributed by atoms with Gasteiger partial charge in [-0.2, -0.15) is 0 Å². The van der Waals surface area contributed by atoms with Crippen molar-refractivity contribution in [2.24, 2.45) is 0 Å². The Hall–Kier alpha value is -1.46. The minimum Gasteiger partial charge on any atom is -0.490 e. The predicted octanol–water partition coefficient (Wildman–Crippen LogP) is 5.24. The van der Waals surface area contributed by atoms with Crippen LogP contribution in [0.4, 0.5) is 0 Å². The molecule has 1 aliphatic rings. The van der Waals surface area contributed by atoms with Crippen molar-refractivity contribution in [2.75, 3.05) is 19.8 Å². The van der Waals surface area contributed by atoms with Crippen LogP contribution >= 0.6 is 23.2 Å². The third-order valence-corrected chi connectivity index (χ3v) is 4.99. The van der Waals surface area contributed by atoms with Crippen LogP contribution in [0, 0.1) is 0 Å². The lowest BCUT2D eigenvalue weighted by atomic mass is 10.1. The molecule has 1 aliphatic heterocycles. The first kappa shape index (κ1) is 20.3. The second-order valence-electron chi connectivity index (χ2n) is 6.51. The molecule has 0 spiro atoms. The van der Waals surface area contributed by atoms with Gasteiger partial charge in [-0.25, -0.2) is 0 Å². The summed E-state index contributed by atoms with van der Waals surface area (Å²) in [4.78, 5) is 0. The summed E-state index contributed by atoms with van der Waals surface area (Å²) in [6.45, 7) is 5.25. The van der Waals surface area contributed by atoms with Crippen molar-refractivity contribution < 1.29 is 14.2 Å². The first-order chi connectivity index (χ1) is 13.2. The van der Waals surface area contributed by atoms with Gasteiger partial charge in [-0.05, 0) is 49.1 Å². The van der Waals surface area contributed by atoms with Gasteiger partial charge in [-0.3, -0.25) is 0 Å². The first-order valence-electron chi connectivity index (χ1n) is 9.30. The van der Waals surface area contributed by atoms with Crippen LogP contribution in [0.3, 0.4) is 0 Å². The molecule has 4 nitrogen and oxygen atoms in total. The van der Waals surface area contributed by atoms with Crippen molar-refractivity contribution in [1.82, 2.24) is 5.32 Å². The van der Waals surface area contributed by atoms with Gasteiger partial charge >= 0.3 is 0 Å². The molecule has 1 N–H and O–H groups in total. The molecule has 0 aromatic heterocycles. The Morgan fingerprint density at radius 3 is 2.74 bits per heavy atom. The van der Waals surface area contributed by atoms with Gasteiger partial charge in [0.1, 0.15) is 6.61 Å². The number of benzene rings is 2. The van der Waals surface area contributed by atoms with Gasteiger partial charge in [0.15, 0.2) is 11.5 Å². The monoisotopic (exact) mass is 409 g/mol. The summed E-state index contributed by atoms with van der Waals surface area (Å²) < 4.78 is 17.3. The summed E-state index contributed by atoms with van der Waals surface area (Å²) >= 11 is 12.5. The van der Waals surface area contributed by atoms with Gasteiger partial charge in [0, 0.05) is 35.8 Å². The molecule has 27 heavy (non-hydrogen) atoms. The van der Waals surface area contributed by atoms with E-state index in [2.05, 4.69) is 5.32 Å². The van der Waals surface area contributed by atoms with Crippen LogP contribution in [0.25, 0.3) is 0 Å². The molecule has 2 aromatic rings. The highest BCUT2D eigenvalue weighted by atomic mass is 35.5. The van der Waals surface area contributed by atoms with Crippen LogP contribution in [0.1, 0.15) is 30.9 Å². The minimum atomic E-state index is 0.301. The van der Waals surface area contributed by atoms with E-state index in [-0.39, 0.29) is 0 Å². The average molecular weight is 410 g/mol. The van der Waals surface area contributed by atoms with E-state index in [1.807, 2.05) is 43.3 Å². The first-order valence-corrected chi connectivity index (χ1v) is 10.1. The molecule has 1 fully saturated rings. The second-order valence-corrected chi connectivity index (χ2v) is 7.35. The molecule has 0 radical (unpaired) electrons. The molecule has 6 heteroatoms. The van der Waals surface area contributed by atoms with Crippen LogP contribution in [0.15, 0.2) is 36.4 Å². The molecule has 0 amide bonds. The van der Waals surface area contributed by atoms with Crippen molar-refractivity contribution >= 4 is 23.2 Å². The summed E-state index contributed by atoms with van der Waals surface area (Å²) in [5.74, 6) is 1.32. The van der Waals surface area contributed by atoms with E-state index in [4.69, 9.17) is 37.4 Å². The lowest BCUT2D eigenvalue weighted by Crippen LogP contribution is -2.25. The minimum absolute atomic E-state index is 0.301. The van der Waals surface area contributed by atoms with Crippen LogP contribution in [-0.2, 0) is 17.9 Å². The number of hydrogen-bond acceptors (Lipinski definition) is 4. The second kappa shape index (κ2) is 10.2. The third-order valence-electron chi connectivity index (χ3n) is 4.41. The summed E-state index contributed by atoms with van der Waals surface area (Å²) in [6, 6.07) is 11.4. The Balaban J connectivity index is 1.65. The highest BCUT2D eigenvalue weighted by molar-refractivity contribution is 6.31. The van der Waals surface area contributed by atoms with E-state index in [1.54, 1.807) is 0 Å². The number of nitrogens with one attached hydrogen (secondary N) is 1. The average Bonchev–Trinajstić information content (AvgIpc) is 3.16. The van der Waals surface area contributed by atoms with E-state index >= 15 is 0 Å². The fourth-order valence-corrected chi connectivity index (χ4v) is 3.49. The fourth-order valence-electron chi connectivity index (χ4n) is 3.05. The molecule has 2 aromatic carbocycles. The SMILES string of the molecule is CCOc1cc(CNCC2CCCO2)c(Cl)cc1OCc1cccc(Cl)c1. The Bertz CT molecular complexity index is 748. The van der Waals surface area contributed by atoms with E-state index in [9.17, 15) is 0 Å². The zero-order valence-corrected chi connectivity index (χ0v) is 17.0. The Morgan fingerprint density at radius 1 is 1.15 bits per heavy atom. The lowest BCUT2D eigenvalue weighted by molar-refractivity contribution is 0.110. The maximum atomic E-state index is 6.48. The zero-order chi connectivity index (χ0) is 19.1. The van der Waals surface area contributed by atoms with Crippen LogP contribution < -0.4 is 14.8 Å². The molecule has 0 saturated carbocycles. The number of hydrogen-bond donors (Lipinski definition) is 1. The van der Waals surface area contributed by atoms with Crippen molar-refractivity contribution in [2.45, 2.75) is 39.0 Å². The summed E-state index contributed by atoms with van der Waals surface area (Å²) in [6.07, 6.45) is 2.55. The largest absolute Gasteiger partial charge is 0.490 e. The quantitative estimate of drug-likeness (QED) is 0.614. The highest BCUT2D eigenvalue weighted by Crippen LogP contribution is 2.34. The maximum absolute atomic E-state index is 6.48. The standard InChI is InChI=1S/C21H25Cl2NO3/c1-2-25-20-10-16(12-24-13-18-7-4-8-26-18)19(23)11-21(20)27-14-15-5-3-6-17(22)9-15/h3,5-6,9-11,18,24H,2,4,7-8,12-14H2,1H3. The van der Waals surface area contributed by atoms with E-state index in [1.165, 1.54) is 0 Å². The summed E-state index contributed by atoms with van der Waals surface area (Å²) in [5.41, 5.74) is 1.97. The molecule has 0 bridgehead atoms. The van der Waals surface area contributed by atoms with Gasteiger partial charge < -0.3 is 19.5 Å². The maximum Gasteiger partial charge on any atom is 0.163 e. The molecule has 0 aliphatic carbocycles. The molecule has 1 atom stereocenters. The molecule has 146 valence electrons. The number of halogens is 2. The van der Waals surface area contributed by atoms with E-state index in [0.29, 0.717) is 47.4 Å². The van der Waals surface area contributed by atoms with Gasteiger partial charge in [0.2, 0.25) is 0 Å². The molecular formula is C21H25Cl2NO3. The van der Waals surface area contributed by atoms with E-state index in [0.717, 1.165) is 37.1 Å². The van der Waals surface area contributed by atoms with Crippen molar-refractivity contribution in [1.29, 1.82) is 0 Å². The Kier molecular flexibility index (Phi) is 7.65.